The van der Waals surface area contributed by atoms with Crippen LogP contribution in [-0.2, 0) is 19.6 Å². The minimum absolute atomic E-state index is 0. The van der Waals surface area contributed by atoms with Crippen molar-refractivity contribution in [2.75, 3.05) is 27.3 Å². The van der Waals surface area contributed by atoms with E-state index >= 15 is 0 Å². The van der Waals surface area contributed by atoms with Gasteiger partial charge in [-0.2, -0.15) is 0 Å². The largest absolute Gasteiger partial charge is 0.493 e. The SMILES string of the molecule is COc1ccc(CN=C(N)NCc2ccccc2CN2CCCCCC2)cc1OC.I. The van der Waals surface area contributed by atoms with Gasteiger partial charge < -0.3 is 20.5 Å². The summed E-state index contributed by atoms with van der Waals surface area (Å²) in [5.41, 5.74) is 9.77. The Labute approximate surface area is 203 Å². The fraction of sp³-hybridized carbons (Fsp3) is 0.458. The maximum absolute atomic E-state index is 6.12. The van der Waals surface area contributed by atoms with Gasteiger partial charge in [-0.1, -0.05) is 43.2 Å². The predicted molar refractivity (Wildman–Crippen MR) is 137 cm³/mol. The molecule has 6 nitrogen and oxygen atoms in total. The van der Waals surface area contributed by atoms with E-state index in [9.17, 15) is 0 Å². The lowest BCUT2D eigenvalue weighted by molar-refractivity contribution is 0.276. The quantitative estimate of drug-likeness (QED) is 0.298. The number of nitrogens with two attached hydrogens (primary N) is 1. The Morgan fingerprint density at radius 1 is 0.968 bits per heavy atom. The van der Waals surface area contributed by atoms with Crippen molar-refractivity contribution >= 4 is 29.9 Å². The van der Waals surface area contributed by atoms with Crippen LogP contribution in [0, 0.1) is 0 Å². The summed E-state index contributed by atoms with van der Waals surface area (Å²) in [7, 11) is 3.26. The monoisotopic (exact) mass is 538 g/mol. The fourth-order valence-electron chi connectivity index (χ4n) is 3.82. The van der Waals surface area contributed by atoms with E-state index < -0.39 is 0 Å². The lowest BCUT2D eigenvalue weighted by Gasteiger charge is -2.21. The zero-order chi connectivity index (χ0) is 21.2. The minimum atomic E-state index is 0. The van der Waals surface area contributed by atoms with Gasteiger partial charge in [-0.05, 0) is 54.8 Å². The molecule has 0 amide bonds. The van der Waals surface area contributed by atoms with Crippen molar-refractivity contribution in [1.82, 2.24) is 10.2 Å². The number of nitrogens with one attached hydrogen (secondary N) is 1. The van der Waals surface area contributed by atoms with Crippen LogP contribution in [0.3, 0.4) is 0 Å². The fourth-order valence-corrected chi connectivity index (χ4v) is 3.82. The molecule has 1 heterocycles. The number of benzene rings is 2. The van der Waals surface area contributed by atoms with Crippen molar-refractivity contribution in [3.63, 3.8) is 0 Å². The van der Waals surface area contributed by atoms with E-state index in [1.54, 1.807) is 14.2 Å². The lowest BCUT2D eigenvalue weighted by Crippen LogP contribution is -2.32. The third kappa shape index (κ3) is 7.88. The Hall–Kier alpha value is -2.00. The van der Waals surface area contributed by atoms with Crippen molar-refractivity contribution in [3.05, 3.63) is 59.2 Å². The summed E-state index contributed by atoms with van der Waals surface area (Å²) in [5.74, 6) is 1.84. The van der Waals surface area contributed by atoms with E-state index in [0.717, 1.165) is 12.1 Å². The average molecular weight is 538 g/mol. The molecule has 0 unspecified atom stereocenters. The maximum atomic E-state index is 6.12. The smallest absolute Gasteiger partial charge is 0.189 e. The molecular weight excluding hydrogens is 503 g/mol. The standard InChI is InChI=1S/C24H34N4O2.HI/c1-29-22-12-11-19(15-23(22)30-2)16-26-24(25)27-17-20-9-5-6-10-21(20)18-28-13-7-3-4-8-14-28;/h5-6,9-12,15H,3-4,7-8,13-14,16-18H2,1-2H3,(H3,25,26,27);1H. The topological polar surface area (TPSA) is 72.1 Å². The molecule has 0 bridgehead atoms. The van der Waals surface area contributed by atoms with E-state index in [2.05, 4.69) is 39.5 Å². The van der Waals surface area contributed by atoms with Crippen LogP contribution in [0.1, 0.15) is 42.4 Å². The number of aliphatic imine (C=N–C) groups is 1. The van der Waals surface area contributed by atoms with E-state index in [1.807, 2.05) is 18.2 Å². The van der Waals surface area contributed by atoms with Crippen LogP contribution < -0.4 is 20.5 Å². The van der Waals surface area contributed by atoms with Crippen LogP contribution in [0.25, 0.3) is 0 Å². The van der Waals surface area contributed by atoms with Crippen LogP contribution in [0.15, 0.2) is 47.5 Å². The Bertz CT molecular complexity index is 836. The van der Waals surface area contributed by atoms with Gasteiger partial charge >= 0.3 is 0 Å². The van der Waals surface area contributed by atoms with Crippen molar-refractivity contribution in [2.24, 2.45) is 10.7 Å². The number of methoxy groups -OCH3 is 2. The molecule has 2 aromatic rings. The number of guanidine groups is 1. The molecule has 3 N–H and O–H groups in total. The third-order valence-electron chi connectivity index (χ3n) is 5.55. The van der Waals surface area contributed by atoms with Gasteiger partial charge in [-0.25, -0.2) is 4.99 Å². The lowest BCUT2D eigenvalue weighted by atomic mass is 10.1. The molecule has 0 spiro atoms. The molecular formula is C24H35IN4O2. The number of nitrogens with zero attached hydrogens (tertiary/aromatic N) is 2. The number of rotatable bonds is 8. The molecule has 1 aliphatic rings. The van der Waals surface area contributed by atoms with Crippen LogP contribution in [0.4, 0.5) is 0 Å². The zero-order valence-electron chi connectivity index (χ0n) is 18.6. The van der Waals surface area contributed by atoms with Gasteiger partial charge in [0.2, 0.25) is 0 Å². The first kappa shape index (κ1) is 25.3. The molecule has 2 aromatic carbocycles. The number of ether oxygens (including phenoxy) is 2. The average Bonchev–Trinajstić information content (AvgIpc) is 3.05. The first-order valence-electron chi connectivity index (χ1n) is 10.7. The second-order valence-electron chi connectivity index (χ2n) is 7.70. The summed E-state index contributed by atoms with van der Waals surface area (Å²) in [5, 5.41) is 3.26. The molecule has 7 heteroatoms. The first-order chi connectivity index (χ1) is 14.7. The highest BCUT2D eigenvalue weighted by atomic mass is 127. The van der Waals surface area contributed by atoms with E-state index in [4.69, 9.17) is 15.2 Å². The summed E-state index contributed by atoms with van der Waals surface area (Å²) in [6.45, 7) is 4.54. The van der Waals surface area contributed by atoms with Gasteiger partial charge in [0.05, 0.1) is 20.8 Å². The highest BCUT2D eigenvalue weighted by Crippen LogP contribution is 2.27. The molecule has 170 valence electrons. The maximum Gasteiger partial charge on any atom is 0.189 e. The highest BCUT2D eigenvalue weighted by Gasteiger charge is 2.11. The second-order valence-corrected chi connectivity index (χ2v) is 7.70. The Balaban J connectivity index is 0.00000341. The second kappa shape index (κ2) is 13.4. The van der Waals surface area contributed by atoms with E-state index in [1.165, 1.54) is 49.9 Å². The van der Waals surface area contributed by atoms with Gasteiger partial charge in [0.15, 0.2) is 17.5 Å². The van der Waals surface area contributed by atoms with Gasteiger partial charge in [-0.15, -0.1) is 24.0 Å². The van der Waals surface area contributed by atoms with Crippen molar-refractivity contribution < 1.29 is 9.47 Å². The van der Waals surface area contributed by atoms with E-state index in [0.29, 0.717) is 30.5 Å². The zero-order valence-corrected chi connectivity index (χ0v) is 20.9. The Kier molecular flexibility index (Phi) is 10.9. The summed E-state index contributed by atoms with van der Waals surface area (Å²) in [4.78, 5) is 7.04. The van der Waals surface area contributed by atoms with E-state index in [-0.39, 0.29) is 24.0 Å². The number of hydrogen-bond donors (Lipinski definition) is 2. The summed E-state index contributed by atoms with van der Waals surface area (Å²) < 4.78 is 10.6. The Morgan fingerprint density at radius 3 is 2.32 bits per heavy atom. The van der Waals surface area contributed by atoms with Gasteiger partial charge in [0.1, 0.15) is 0 Å². The molecule has 0 atom stereocenters. The molecule has 1 saturated heterocycles. The number of hydrogen-bond acceptors (Lipinski definition) is 4. The van der Waals surface area contributed by atoms with Gasteiger partial charge in [0, 0.05) is 13.1 Å². The first-order valence-corrected chi connectivity index (χ1v) is 10.7. The molecule has 0 aliphatic carbocycles. The predicted octanol–water partition coefficient (Wildman–Crippen LogP) is 4.30. The minimum Gasteiger partial charge on any atom is -0.493 e. The molecule has 1 fully saturated rings. The van der Waals surface area contributed by atoms with Crippen molar-refractivity contribution in [1.29, 1.82) is 0 Å². The van der Waals surface area contributed by atoms with Crippen LogP contribution in [0.5, 0.6) is 11.5 Å². The third-order valence-corrected chi connectivity index (χ3v) is 5.55. The normalized spacial score (nSPS) is 15.0. The van der Waals surface area contributed by atoms with Crippen molar-refractivity contribution in [3.8, 4) is 11.5 Å². The Morgan fingerprint density at radius 2 is 1.65 bits per heavy atom. The summed E-state index contributed by atoms with van der Waals surface area (Å²) in [6, 6.07) is 14.4. The number of halogens is 1. The van der Waals surface area contributed by atoms with Gasteiger partial charge in [0.25, 0.3) is 0 Å². The highest BCUT2D eigenvalue weighted by molar-refractivity contribution is 14.0. The molecule has 0 radical (unpaired) electrons. The van der Waals surface area contributed by atoms with Crippen LogP contribution >= 0.6 is 24.0 Å². The molecule has 31 heavy (non-hydrogen) atoms. The molecule has 0 aromatic heterocycles. The molecule has 3 rings (SSSR count). The summed E-state index contributed by atoms with van der Waals surface area (Å²) in [6.07, 6.45) is 5.31. The summed E-state index contributed by atoms with van der Waals surface area (Å²) >= 11 is 0. The van der Waals surface area contributed by atoms with Crippen LogP contribution in [0.2, 0.25) is 0 Å². The van der Waals surface area contributed by atoms with Crippen molar-refractivity contribution in [2.45, 2.75) is 45.3 Å². The van der Waals surface area contributed by atoms with Crippen LogP contribution in [-0.4, -0.2) is 38.2 Å². The van der Waals surface area contributed by atoms with Gasteiger partial charge in [-0.3, -0.25) is 4.90 Å². The molecule has 0 saturated carbocycles. The number of likely N-dealkylation sites (tertiary alicyclic amines) is 1. The molecule has 1 aliphatic heterocycles.